The Hall–Kier alpha value is -5.81. The first-order chi connectivity index (χ1) is 30.3. The van der Waals surface area contributed by atoms with Crippen LogP contribution >= 0.6 is 0 Å². The predicted molar refractivity (Wildman–Crippen MR) is 228 cm³/mol. The molecule has 5 atom stereocenters. The van der Waals surface area contributed by atoms with Gasteiger partial charge in [0, 0.05) is 45.1 Å². The van der Waals surface area contributed by atoms with E-state index in [0.29, 0.717) is 12.8 Å². The van der Waals surface area contributed by atoms with E-state index in [9.17, 15) is 73.2 Å². The maximum Gasteiger partial charge on any atom is 0.326 e. The van der Waals surface area contributed by atoms with Crippen molar-refractivity contribution in [2.24, 2.45) is 0 Å². The number of amides is 5. The number of carboxylic acid groups (broad SMARTS) is 6. The third kappa shape index (κ3) is 30.3. The van der Waals surface area contributed by atoms with Crippen molar-refractivity contribution in [3.8, 4) is 0 Å². The van der Waals surface area contributed by atoms with E-state index in [1.807, 2.05) is 0 Å². The molecular formula is C40H67BN6O17. The first-order valence-electron chi connectivity index (χ1n) is 21.7. The summed E-state index contributed by atoms with van der Waals surface area (Å²) >= 11 is 0. The van der Waals surface area contributed by atoms with Gasteiger partial charge in [-0.25, -0.2) is 19.2 Å². The smallest absolute Gasteiger partial charge is 0.326 e. The minimum atomic E-state index is -1.65. The maximum absolute atomic E-state index is 12.6. The van der Waals surface area contributed by atoms with Crippen LogP contribution in [0, 0.1) is 0 Å². The molecule has 12 N–H and O–H groups in total. The summed E-state index contributed by atoms with van der Waals surface area (Å²) in [5, 5.41) is 69.7. The van der Waals surface area contributed by atoms with Gasteiger partial charge in [0.1, 0.15) is 24.2 Å². The fourth-order valence-corrected chi connectivity index (χ4v) is 6.36. The highest BCUT2D eigenvalue weighted by Gasteiger charge is 2.27. The number of hydrogen-bond acceptors (Lipinski definition) is 12. The Morgan fingerprint density at radius 1 is 0.328 bits per heavy atom. The second-order valence-corrected chi connectivity index (χ2v) is 15.4. The van der Waals surface area contributed by atoms with Crippen LogP contribution in [-0.4, -0.2) is 141 Å². The van der Waals surface area contributed by atoms with Crippen molar-refractivity contribution in [3.63, 3.8) is 0 Å². The van der Waals surface area contributed by atoms with Crippen molar-refractivity contribution in [2.45, 2.75) is 178 Å². The Labute approximate surface area is 372 Å². The lowest BCUT2D eigenvalue weighted by atomic mass is 10.0. The topological polar surface area (TPSA) is 381 Å². The average molecular weight is 915 g/mol. The second kappa shape index (κ2) is 34.7. The van der Waals surface area contributed by atoms with Gasteiger partial charge in [-0.2, -0.15) is 0 Å². The molecule has 0 spiro atoms. The van der Waals surface area contributed by atoms with Crippen LogP contribution in [-0.2, 0) is 52.7 Å². The molecule has 0 aromatic heterocycles. The number of hydrogen-bond donors (Lipinski definition) is 12. The standard InChI is InChI=1S/C40H67BN6O17/c41-47-29(40(63)64)23-24-42-30(48)19-15-25(36(55)56)44-32(50)21-17-27(38(59)60)46-34(52)22-18-28(39(61)62)45-33(51)20-16-26(37(57)58)43-31(49)13-11-9-7-5-3-1-2-4-6-8-10-12-14-35(53)54/h25-29,47H,1-24,41H2,(H,42,48)(H,43,49)(H,44,50)(H,45,51)(H,46,52)(H,53,54)(H,55,56)(H,57,58)(H,59,60)(H,61,62)(H,63,64)/t25-,26-,27-,28-,29-/m0/s1. The van der Waals surface area contributed by atoms with Crippen LogP contribution in [0.25, 0.3) is 0 Å². The summed E-state index contributed by atoms with van der Waals surface area (Å²) in [6, 6.07) is -7.14. The molecule has 362 valence electrons. The van der Waals surface area contributed by atoms with Crippen molar-refractivity contribution < 1.29 is 83.4 Å². The van der Waals surface area contributed by atoms with Gasteiger partial charge in [0.2, 0.25) is 29.5 Å². The molecule has 0 aliphatic carbocycles. The third-order valence-electron chi connectivity index (χ3n) is 10.1. The summed E-state index contributed by atoms with van der Waals surface area (Å²) in [5.41, 5.74) is 0. The second-order valence-electron chi connectivity index (χ2n) is 15.4. The molecule has 5 amide bonds. The Bertz CT molecular complexity index is 1550. The Balaban J connectivity index is 4.65. The molecule has 0 unspecified atom stereocenters. The van der Waals surface area contributed by atoms with Gasteiger partial charge in [0.25, 0.3) is 0 Å². The number of rotatable bonds is 40. The summed E-state index contributed by atoms with van der Waals surface area (Å²) in [4.78, 5) is 131. The van der Waals surface area contributed by atoms with Gasteiger partial charge in [-0.05, 0) is 44.9 Å². The molecule has 64 heavy (non-hydrogen) atoms. The van der Waals surface area contributed by atoms with Crippen molar-refractivity contribution in [1.82, 2.24) is 31.8 Å². The number of unbranched alkanes of at least 4 members (excludes halogenated alkanes) is 11. The number of carbonyl (C=O) groups excluding carboxylic acids is 5. The fourth-order valence-electron chi connectivity index (χ4n) is 6.36. The summed E-state index contributed by atoms with van der Waals surface area (Å²) in [7, 11) is 1.43. The highest BCUT2D eigenvalue weighted by molar-refractivity contribution is 6.06. The van der Waals surface area contributed by atoms with E-state index in [1.165, 1.54) is 7.98 Å². The van der Waals surface area contributed by atoms with Crippen LogP contribution in [0.2, 0.25) is 0 Å². The molecule has 0 fully saturated rings. The molecular weight excluding hydrogens is 847 g/mol. The number of aliphatic carboxylic acids is 6. The van der Waals surface area contributed by atoms with Crippen LogP contribution in [0.3, 0.4) is 0 Å². The third-order valence-corrected chi connectivity index (χ3v) is 10.1. The van der Waals surface area contributed by atoms with E-state index in [-0.39, 0.29) is 45.1 Å². The minimum absolute atomic E-state index is 0.0150. The van der Waals surface area contributed by atoms with Crippen LogP contribution in [0.4, 0.5) is 0 Å². The van der Waals surface area contributed by atoms with E-state index in [0.717, 1.165) is 64.2 Å². The molecule has 0 rings (SSSR count). The Morgan fingerprint density at radius 3 is 0.875 bits per heavy atom. The van der Waals surface area contributed by atoms with Crippen molar-refractivity contribution in [2.75, 3.05) is 6.54 Å². The summed E-state index contributed by atoms with van der Waals surface area (Å²) in [5.74, 6) is -11.7. The highest BCUT2D eigenvalue weighted by Crippen LogP contribution is 2.14. The Morgan fingerprint density at radius 2 is 0.594 bits per heavy atom. The molecule has 0 aromatic rings. The molecule has 24 heteroatoms. The lowest BCUT2D eigenvalue weighted by molar-refractivity contribution is -0.144. The SMILES string of the molecule is BN[C@@H](CCNC(=O)CC[C@H](NC(=O)CC[C@H](NC(=O)CC[C@H](NC(=O)CC[C@H](NC(=O)CCCCCCCCCCCCCCC(=O)O)C(=O)O)C(=O)O)C(=O)O)C(=O)O)C(=O)O. The quantitative estimate of drug-likeness (QED) is 0.0285. The monoisotopic (exact) mass is 914 g/mol. The van der Waals surface area contributed by atoms with E-state index in [2.05, 4.69) is 31.8 Å². The van der Waals surface area contributed by atoms with E-state index in [1.54, 1.807) is 0 Å². The zero-order valence-electron chi connectivity index (χ0n) is 36.5. The minimum Gasteiger partial charge on any atom is -0.481 e. The van der Waals surface area contributed by atoms with Gasteiger partial charge >= 0.3 is 35.8 Å². The van der Waals surface area contributed by atoms with E-state index in [4.69, 9.17) is 10.2 Å². The number of carboxylic acids is 6. The first kappa shape index (κ1) is 58.2. The molecule has 0 aliphatic heterocycles. The van der Waals surface area contributed by atoms with Crippen molar-refractivity contribution in [1.29, 1.82) is 0 Å². The van der Waals surface area contributed by atoms with Gasteiger partial charge in [0.05, 0.1) is 6.04 Å². The maximum atomic E-state index is 12.6. The highest BCUT2D eigenvalue weighted by atomic mass is 16.4. The molecule has 0 aromatic carbocycles. The lowest BCUT2D eigenvalue weighted by Gasteiger charge is -2.18. The van der Waals surface area contributed by atoms with Gasteiger partial charge in [0.15, 0.2) is 7.98 Å². The zero-order valence-corrected chi connectivity index (χ0v) is 36.5. The van der Waals surface area contributed by atoms with E-state index < -0.39 is 128 Å². The van der Waals surface area contributed by atoms with Crippen molar-refractivity contribution in [3.05, 3.63) is 0 Å². The predicted octanol–water partition coefficient (Wildman–Crippen LogP) is 0.0280. The van der Waals surface area contributed by atoms with Gasteiger partial charge in [-0.15, -0.1) is 0 Å². The lowest BCUT2D eigenvalue weighted by Crippen LogP contribution is -2.45. The van der Waals surface area contributed by atoms with E-state index >= 15 is 0 Å². The van der Waals surface area contributed by atoms with Gasteiger partial charge in [-0.1, -0.05) is 64.2 Å². The molecule has 0 saturated heterocycles. The van der Waals surface area contributed by atoms with Crippen molar-refractivity contribution >= 4 is 73.3 Å². The van der Waals surface area contributed by atoms with Crippen LogP contribution in [0.15, 0.2) is 0 Å². The van der Waals surface area contributed by atoms with Gasteiger partial charge in [-0.3, -0.25) is 33.6 Å². The van der Waals surface area contributed by atoms with Gasteiger partial charge < -0.3 is 62.5 Å². The summed E-state index contributed by atoms with van der Waals surface area (Å²) in [6.45, 7) is -0.0150. The molecule has 0 radical (unpaired) electrons. The molecule has 0 aliphatic rings. The summed E-state index contributed by atoms with van der Waals surface area (Å²) in [6.07, 6.45) is 8.05. The van der Waals surface area contributed by atoms with Crippen LogP contribution in [0.1, 0.15) is 148 Å². The van der Waals surface area contributed by atoms with Crippen LogP contribution < -0.4 is 31.8 Å². The zero-order chi connectivity index (χ0) is 48.5. The van der Waals surface area contributed by atoms with Crippen LogP contribution in [0.5, 0.6) is 0 Å². The Kier molecular flexibility index (Phi) is 31.5. The molecule has 0 heterocycles. The molecule has 0 bridgehead atoms. The first-order valence-corrected chi connectivity index (χ1v) is 21.7. The molecule has 23 nitrogen and oxygen atoms in total. The normalized spacial score (nSPS) is 13.2. The fraction of sp³-hybridized carbons (Fsp3) is 0.725. The largest absolute Gasteiger partial charge is 0.481 e. The summed E-state index contributed by atoms with van der Waals surface area (Å²) < 4.78 is 0. The number of nitrogens with one attached hydrogen (secondary N) is 6. The molecule has 0 saturated carbocycles. The number of carbonyl (C=O) groups is 11. The average Bonchev–Trinajstić information content (AvgIpc) is 3.21.